The maximum atomic E-state index is 5.07. The van der Waals surface area contributed by atoms with E-state index >= 15 is 0 Å². The van der Waals surface area contributed by atoms with E-state index < -0.39 is 0 Å². The molecule has 0 radical (unpaired) electrons. The molecule has 17 aromatic rings. The van der Waals surface area contributed by atoms with Gasteiger partial charge in [0.25, 0.3) is 0 Å². The minimum absolute atomic E-state index is 0.877. The molecule has 0 aliphatic rings. The van der Waals surface area contributed by atoms with Crippen LogP contribution in [0.1, 0.15) is 0 Å². The third-order valence-corrected chi connectivity index (χ3v) is 16.3. The van der Waals surface area contributed by atoms with Gasteiger partial charge < -0.3 is 0 Å². The predicted molar refractivity (Wildman–Crippen MR) is 312 cm³/mol. The van der Waals surface area contributed by atoms with Gasteiger partial charge in [-0.05, 0) is 160 Å². The summed E-state index contributed by atoms with van der Waals surface area (Å²) in [5, 5.41) is 24.8. The van der Waals surface area contributed by atoms with Gasteiger partial charge in [-0.25, -0.2) is 0 Å². The number of benzene rings is 13. The van der Waals surface area contributed by atoms with Gasteiger partial charge in [0, 0.05) is 41.5 Å². The van der Waals surface area contributed by atoms with Crippen LogP contribution >= 0.6 is 0 Å². The van der Waals surface area contributed by atoms with Crippen LogP contribution in [0.2, 0.25) is 0 Å². The molecule has 0 N–H and O–H groups in total. The SMILES string of the molecule is c1ccc2c(-c3ccc(-c4cccc5nccnc45)c4c5cc6c(cc7c8c(-c9cccc%10nccnc9%10)c9ccccc9c(-c9cccc%10ccccc9%10)c8c8cccc6c87)c6cccc(c34)c65)cccc2c1. The summed E-state index contributed by atoms with van der Waals surface area (Å²) >= 11 is 0. The fraction of sp³-hybridized carbons (Fsp3) is 0. The van der Waals surface area contributed by atoms with Crippen molar-refractivity contribution in [2.24, 2.45) is 0 Å². The molecule has 15 aromatic carbocycles. The van der Waals surface area contributed by atoms with Crippen molar-refractivity contribution < 1.29 is 0 Å². The quantitative estimate of drug-likeness (QED) is 0.165. The zero-order valence-corrected chi connectivity index (χ0v) is 39.7. The third-order valence-electron chi connectivity index (χ3n) is 16.3. The Hall–Kier alpha value is -9.90. The van der Waals surface area contributed by atoms with E-state index in [4.69, 9.17) is 19.9 Å². The highest BCUT2D eigenvalue weighted by Crippen LogP contribution is 2.56. The van der Waals surface area contributed by atoms with Gasteiger partial charge in [-0.15, -0.1) is 0 Å². The fourth-order valence-corrected chi connectivity index (χ4v) is 13.4. The first-order chi connectivity index (χ1) is 36.8. The second kappa shape index (κ2) is 14.8. The Bertz CT molecular complexity index is 5250. The first-order valence-electron chi connectivity index (χ1n) is 25.4. The van der Waals surface area contributed by atoms with Crippen molar-refractivity contribution in [1.82, 2.24) is 19.9 Å². The van der Waals surface area contributed by atoms with E-state index in [2.05, 4.69) is 206 Å². The van der Waals surface area contributed by atoms with E-state index in [1.165, 1.54) is 136 Å². The molecule has 4 heteroatoms. The van der Waals surface area contributed by atoms with Crippen LogP contribution < -0.4 is 0 Å². The number of nitrogens with zero attached hydrogens (tertiary/aromatic N) is 4. The highest BCUT2D eigenvalue weighted by molar-refractivity contribution is 6.46. The van der Waals surface area contributed by atoms with Gasteiger partial charge >= 0.3 is 0 Å². The molecule has 0 bridgehead atoms. The van der Waals surface area contributed by atoms with Crippen molar-refractivity contribution in [3.05, 3.63) is 231 Å². The van der Waals surface area contributed by atoms with Crippen LogP contribution in [-0.2, 0) is 0 Å². The molecule has 0 atom stereocenters. The van der Waals surface area contributed by atoms with Gasteiger partial charge in [-0.2, -0.15) is 0 Å². The number of para-hydroxylation sites is 2. The molecular formula is C70H38N4. The Morgan fingerprint density at radius 2 is 0.595 bits per heavy atom. The van der Waals surface area contributed by atoms with Gasteiger partial charge in [0.05, 0.1) is 22.1 Å². The maximum absolute atomic E-state index is 5.07. The second-order valence-corrected chi connectivity index (χ2v) is 19.9. The van der Waals surface area contributed by atoms with E-state index in [9.17, 15) is 0 Å². The van der Waals surface area contributed by atoms with Crippen molar-refractivity contribution in [2.45, 2.75) is 0 Å². The summed E-state index contributed by atoms with van der Waals surface area (Å²) in [4.78, 5) is 19.7. The molecule has 74 heavy (non-hydrogen) atoms. The van der Waals surface area contributed by atoms with Crippen LogP contribution in [0.5, 0.6) is 0 Å². The van der Waals surface area contributed by atoms with Gasteiger partial charge in [-0.1, -0.05) is 182 Å². The Morgan fingerprint density at radius 3 is 1.24 bits per heavy atom. The third kappa shape index (κ3) is 5.25. The lowest BCUT2D eigenvalue weighted by molar-refractivity contribution is 1.29. The van der Waals surface area contributed by atoms with E-state index in [1.54, 1.807) is 12.4 Å². The molecule has 4 nitrogen and oxygen atoms in total. The fourth-order valence-electron chi connectivity index (χ4n) is 13.4. The molecule has 17 rings (SSSR count). The zero-order valence-electron chi connectivity index (χ0n) is 39.7. The molecule has 0 aliphatic carbocycles. The number of aromatic nitrogens is 4. The molecule has 0 unspecified atom stereocenters. The Labute approximate surface area is 423 Å². The molecule has 0 saturated carbocycles. The van der Waals surface area contributed by atoms with E-state index in [1.807, 2.05) is 12.4 Å². The normalized spacial score (nSPS) is 12.3. The smallest absolute Gasteiger partial charge is 0.0965 e. The zero-order chi connectivity index (χ0) is 48.2. The largest absolute Gasteiger partial charge is 0.253 e. The standard InChI is InChI=1S/C70H38N4/c1-3-17-41-39(13-1)15-7-21-43(41)49-31-32-50(51-25-11-29-59-69(51)73-35-33-71-59)66-57-37-55-48-24-10-27-53-62(48)58(38-56(55)47-23-9-26-52(61(47)57)64(49)66)68-65(54-28-12-30-60-70(54)74-36-34-72-60)46-20-6-5-19-45(46)63(67(53)68)44-22-8-16-40-14-2-4-18-42(40)44/h1-38H. The summed E-state index contributed by atoms with van der Waals surface area (Å²) in [5.41, 5.74) is 13.0. The number of fused-ring (bicyclic) bond motifs is 14. The molecule has 0 amide bonds. The van der Waals surface area contributed by atoms with Crippen LogP contribution in [0.15, 0.2) is 231 Å². The van der Waals surface area contributed by atoms with Crippen molar-refractivity contribution in [1.29, 1.82) is 0 Å². The van der Waals surface area contributed by atoms with Crippen LogP contribution in [-0.4, -0.2) is 19.9 Å². The minimum atomic E-state index is 0.877. The molecule has 2 heterocycles. The lowest BCUT2D eigenvalue weighted by atomic mass is 9.85. The summed E-state index contributed by atoms with van der Waals surface area (Å²) in [6, 6.07) is 76.7. The lowest BCUT2D eigenvalue weighted by Gasteiger charge is -2.18. The van der Waals surface area contributed by atoms with E-state index in [0.29, 0.717) is 0 Å². The minimum Gasteiger partial charge on any atom is -0.253 e. The van der Waals surface area contributed by atoms with E-state index in [0.717, 1.165) is 38.8 Å². The molecule has 0 fully saturated rings. The number of hydrogen-bond donors (Lipinski definition) is 0. The average molecular weight is 935 g/mol. The van der Waals surface area contributed by atoms with Crippen molar-refractivity contribution >= 4 is 130 Å². The van der Waals surface area contributed by atoms with Gasteiger partial charge in [0.15, 0.2) is 0 Å². The van der Waals surface area contributed by atoms with Crippen molar-refractivity contribution in [3.63, 3.8) is 0 Å². The topological polar surface area (TPSA) is 51.6 Å². The molecule has 0 aliphatic heterocycles. The number of hydrogen-bond acceptors (Lipinski definition) is 4. The van der Waals surface area contributed by atoms with Gasteiger partial charge in [0.2, 0.25) is 0 Å². The van der Waals surface area contributed by atoms with Crippen LogP contribution in [0, 0.1) is 0 Å². The van der Waals surface area contributed by atoms with Crippen molar-refractivity contribution in [2.75, 3.05) is 0 Å². The molecule has 338 valence electrons. The Morgan fingerprint density at radius 1 is 0.203 bits per heavy atom. The van der Waals surface area contributed by atoms with Crippen LogP contribution in [0.3, 0.4) is 0 Å². The summed E-state index contributed by atoms with van der Waals surface area (Å²) in [6.07, 6.45) is 7.22. The van der Waals surface area contributed by atoms with Crippen molar-refractivity contribution in [3.8, 4) is 44.5 Å². The molecule has 2 aromatic heterocycles. The van der Waals surface area contributed by atoms with Crippen LogP contribution in [0.4, 0.5) is 0 Å². The predicted octanol–water partition coefficient (Wildman–Crippen LogP) is 18.6. The lowest BCUT2D eigenvalue weighted by Crippen LogP contribution is -1.92. The average Bonchev–Trinajstić information content (AvgIpc) is 4.01. The summed E-state index contributed by atoms with van der Waals surface area (Å²) in [5.74, 6) is 0. The van der Waals surface area contributed by atoms with Crippen LogP contribution in [0.25, 0.3) is 174 Å². The first kappa shape index (κ1) is 39.8. The van der Waals surface area contributed by atoms with Gasteiger partial charge in [-0.3, -0.25) is 19.9 Å². The summed E-state index contributed by atoms with van der Waals surface area (Å²) in [6.45, 7) is 0. The van der Waals surface area contributed by atoms with Gasteiger partial charge in [0.1, 0.15) is 0 Å². The first-order valence-corrected chi connectivity index (χ1v) is 25.4. The second-order valence-electron chi connectivity index (χ2n) is 19.9. The summed E-state index contributed by atoms with van der Waals surface area (Å²) < 4.78 is 0. The Kier molecular flexibility index (Phi) is 7.97. The maximum Gasteiger partial charge on any atom is 0.0965 e. The monoisotopic (exact) mass is 934 g/mol. The Balaban J connectivity index is 1.09. The summed E-state index contributed by atoms with van der Waals surface area (Å²) in [7, 11) is 0. The van der Waals surface area contributed by atoms with E-state index in [-0.39, 0.29) is 0 Å². The molecular weight excluding hydrogens is 897 g/mol. The highest BCUT2D eigenvalue weighted by Gasteiger charge is 2.28. The molecule has 0 spiro atoms. The number of rotatable bonds is 4. The highest BCUT2D eigenvalue weighted by atomic mass is 14.8. The molecule has 0 saturated heterocycles.